The van der Waals surface area contributed by atoms with Gasteiger partial charge in [-0.15, -0.1) is 0 Å². The molecule has 1 unspecified atom stereocenters. The number of rotatable bonds is 6. The molecule has 0 spiro atoms. The summed E-state index contributed by atoms with van der Waals surface area (Å²) in [5, 5.41) is 8.92. The van der Waals surface area contributed by atoms with Gasteiger partial charge in [-0.3, -0.25) is 4.79 Å². The Bertz CT molecular complexity index is 457. The Kier molecular flexibility index (Phi) is 5.36. The number of carboxylic acids is 1. The molecule has 0 aromatic heterocycles. The highest BCUT2D eigenvalue weighted by Gasteiger charge is 2.15. The summed E-state index contributed by atoms with van der Waals surface area (Å²) in [6.45, 7) is 7.12. The average molecular weight is 265 g/mol. The van der Waals surface area contributed by atoms with E-state index in [0.29, 0.717) is 6.54 Å². The summed E-state index contributed by atoms with van der Waals surface area (Å²) in [7, 11) is 3.61. The van der Waals surface area contributed by atoms with Crippen LogP contribution in [0.2, 0.25) is 0 Å². The number of ether oxygens (including phenoxy) is 1. The third-order valence-electron chi connectivity index (χ3n) is 3.52. The molecule has 1 aromatic carbocycles. The van der Waals surface area contributed by atoms with E-state index in [0.717, 1.165) is 17.9 Å². The summed E-state index contributed by atoms with van der Waals surface area (Å²) in [5.74, 6) is -0.220. The number of hydrogen-bond donors (Lipinski definition) is 1. The first kappa shape index (κ1) is 15.5. The Morgan fingerprint density at radius 3 is 2.53 bits per heavy atom. The summed E-state index contributed by atoms with van der Waals surface area (Å²) in [6, 6.07) is 4.01. The minimum Gasteiger partial charge on any atom is -0.496 e. The topological polar surface area (TPSA) is 49.8 Å². The standard InChI is InChI=1S/C15H23NO3/c1-10(15(17)18)8-16(4)9-13-6-7-14(19-5)12(3)11(13)2/h6-7,10H,8-9H2,1-5H3,(H,17,18). The van der Waals surface area contributed by atoms with Gasteiger partial charge in [0, 0.05) is 13.1 Å². The molecule has 0 saturated carbocycles. The summed E-state index contributed by atoms with van der Waals surface area (Å²) in [6.07, 6.45) is 0. The van der Waals surface area contributed by atoms with Crippen LogP contribution in [0.15, 0.2) is 12.1 Å². The van der Waals surface area contributed by atoms with Gasteiger partial charge in [0.25, 0.3) is 0 Å². The SMILES string of the molecule is COc1ccc(CN(C)CC(C)C(=O)O)c(C)c1C. The summed E-state index contributed by atoms with van der Waals surface area (Å²) in [4.78, 5) is 12.9. The smallest absolute Gasteiger partial charge is 0.307 e. The number of carboxylic acid groups (broad SMARTS) is 1. The van der Waals surface area contributed by atoms with Crippen LogP contribution in [0, 0.1) is 19.8 Å². The lowest BCUT2D eigenvalue weighted by molar-refractivity contribution is -0.141. The fraction of sp³-hybridized carbons (Fsp3) is 0.533. The van der Waals surface area contributed by atoms with Crippen molar-refractivity contribution in [2.45, 2.75) is 27.3 Å². The number of methoxy groups -OCH3 is 1. The maximum absolute atomic E-state index is 10.8. The second kappa shape index (κ2) is 6.57. The van der Waals surface area contributed by atoms with Gasteiger partial charge in [-0.05, 0) is 43.7 Å². The van der Waals surface area contributed by atoms with Crippen LogP contribution in [0.5, 0.6) is 5.75 Å². The van der Waals surface area contributed by atoms with E-state index in [2.05, 4.69) is 6.92 Å². The number of hydrogen-bond acceptors (Lipinski definition) is 3. The van der Waals surface area contributed by atoms with Gasteiger partial charge >= 0.3 is 5.97 Å². The van der Waals surface area contributed by atoms with Crippen molar-refractivity contribution in [3.8, 4) is 5.75 Å². The Morgan fingerprint density at radius 2 is 2.00 bits per heavy atom. The molecule has 19 heavy (non-hydrogen) atoms. The first-order valence-corrected chi connectivity index (χ1v) is 6.41. The predicted molar refractivity (Wildman–Crippen MR) is 75.6 cm³/mol. The fourth-order valence-corrected chi connectivity index (χ4v) is 2.15. The van der Waals surface area contributed by atoms with Gasteiger partial charge in [-0.2, -0.15) is 0 Å². The second-order valence-corrected chi connectivity index (χ2v) is 5.11. The van der Waals surface area contributed by atoms with Crippen LogP contribution in [-0.2, 0) is 11.3 Å². The first-order chi connectivity index (χ1) is 8.86. The van der Waals surface area contributed by atoms with E-state index in [1.165, 1.54) is 11.1 Å². The van der Waals surface area contributed by atoms with E-state index < -0.39 is 5.97 Å². The minimum absolute atomic E-state index is 0.357. The largest absolute Gasteiger partial charge is 0.496 e. The van der Waals surface area contributed by atoms with Crippen molar-refractivity contribution in [1.82, 2.24) is 4.90 Å². The van der Waals surface area contributed by atoms with Crippen molar-refractivity contribution in [3.63, 3.8) is 0 Å². The molecular formula is C15H23NO3. The molecule has 0 radical (unpaired) electrons. The maximum Gasteiger partial charge on any atom is 0.307 e. The summed E-state index contributed by atoms with van der Waals surface area (Å²) >= 11 is 0. The predicted octanol–water partition coefficient (Wildman–Crippen LogP) is 2.46. The van der Waals surface area contributed by atoms with Crippen molar-refractivity contribution in [2.24, 2.45) is 5.92 Å². The maximum atomic E-state index is 10.8. The van der Waals surface area contributed by atoms with Gasteiger partial charge < -0.3 is 14.7 Å². The van der Waals surface area contributed by atoms with Crippen LogP contribution in [0.1, 0.15) is 23.6 Å². The highest BCUT2D eigenvalue weighted by Crippen LogP contribution is 2.24. The molecule has 1 atom stereocenters. The summed E-state index contributed by atoms with van der Waals surface area (Å²) in [5.41, 5.74) is 3.55. The fourth-order valence-electron chi connectivity index (χ4n) is 2.15. The van der Waals surface area contributed by atoms with E-state index in [9.17, 15) is 4.79 Å². The Morgan fingerprint density at radius 1 is 1.37 bits per heavy atom. The third kappa shape index (κ3) is 3.96. The molecule has 4 heteroatoms. The number of aliphatic carboxylic acids is 1. The van der Waals surface area contributed by atoms with E-state index in [4.69, 9.17) is 9.84 Å². The van der Waals surface area contributed by atoms with Crippen LogP contribution in [0.25, 0.3) is 0 Å². The molecule has 0 amide bonds. The van der Waals surface area contributed by atoms with Gasteiger partial charge in [-0.25, -0.2) is 0 Å². The van der Waals surface area contributed by atoms with E-state index in [1.54, 1.807) is 14.0 Å². The number of benzene rings is 1. The molecule has 1 rings (SSSR count). The molecule has 0 bridgehead atoms. The molecule has 106 valence electrons. The van der Waals surface area contributed by atoms with Crippen molar-refractivity contribution in [1.29, 1.82) is 0 Å². The molecule has 0 heterocycles. The molecular weight excluding hydrogens is 242 g/mol. The van der Waals surface area contributed by atoms with Crippen molar-refractivity contribution in [3.05, 3.63) is 28.8 Å². The zero-order valence-corrected chi connectivity index (χ0v) is 12.4. The lowest BCUT2D eigenvalue weighted by atomic mass is 10.0. The lowest BCUT2D eigenvalue weighted by Gasteiger charge is -2.21. The third-order valence-corrected chi connectivity index (χ3v) is 3.52. The van der Waals surface area contributed by atoms with Crippen molar-refractivity contribution >= 4 is 5.97 Å². The Hall–Kier alpha value is -1.55. The zero-order chi connectivity index (χ0) is 14.6. The van der Waals surface area contributed by atoms with Crippen molar-refractivity contribution in [2.75, 3.05) is 20.7 Å². The molecule has 0 aliphatic rings. The summed E-state index contributed by atoms with van der Waals surface area (Å²) < 4.78 is 5.29. The van der Waals surface area contributed by atoms with Crippen LogP contribution >= 0.6 is 0 Å². The van der Waals surface area contributed by atoms with Gasteiger partial charge in [0.2, 0.25) is 0 Å². The van der Waals surface area contributed by atoms with Crippen LogP contribution in [-0.4, -0.2) is 36.7 Å². The highest BCUT2D eigenvalue weighted by atomic mass is 16.5. The molecule has 4 nitrogen and oxygen atoms in total. The Labute approximate surface area is 115 Å². The van der Waals surface area contributed by atoms with Gasteiger partial charge in [0.1, 0.15) is 5.75 Å². The quantitative estimate of drug-likeness (QED) is 0.858. The van der Waals surface area contributed by atoms with Gasteiger partial charge in [-0.1, -0.05) is 13.0 Å². The molecule has 1 aromatic rings. The first-order valence-electron chi connectivity index (χ1n) is 6.41. The average Bonchev–Trinajstić information content (AvgIpc) is 2.35. The van der Waals surface area contributed by atoms with E-state index in [1.807, 2.05) is 31.0 Å². The van der Waals surface area contributed by atoms with Crippen LogP contribution < -0.4 is 4.74 Å². The monoisotopic (exact) mass is 265 g/mol. The second-order valence-electron chi connectivity index (χ2n) is 5.11. The molecule has 0 fully saturated rings. The van der Waals surface area contributed by atoms with Crippen LogP contribution in [0.4, 0.5) is 0 Å². The van der Waals surface area contributed by atoms with Gasteiger partial charge in [0.15, 0.2) is 0 Å². The highest BCUT2D eigenvalue weighted by molar-refractivity contribution is 5.69. The Balaban J connectivity index is 2.77. The van der Waals surface area contributed by atoms with Crippen molar-refractivity contribution < 1.29 is 14.6 Å². The minimum atomic E-state index is -0.755. The molecule has 0 aliphatic heterocycles. The number of carbonyl (C=O) groups is 1. The molecule has 0 saturated heterocycles. The molecule has 0 aliphatic carbocycles. The van der Waals surface area contributed by atoms with E-state index >= 15 is 0 Å². The van der Waals surface area contributed by atoms with E-state index in [-0.39, 0.29) is 5.92 Å². The zero-order valence-electron chi connectivity index (χ0n) is 12.4. The lowest BCUT2D eigenvalue weighted by Crippen LogP contribution is -2.28. The van der Waals surface area contributed by atoms with Gasteiger partial charge in [0.05, 0.1) is 13.0 Å². The number of nitrogens with zero attached hydrogens (tertiary/aromatic N) is 1. The molecule has 1 N–H and O–H groups in total. The van der Waals surface area contributed by atoms with Crippen LogP contribution in [0.3, 0.4) is 0 Å². The normalized spacial score (nSPS) is 12.5.